The molecule has 0 saturated carbocycles. The second-order valence-electron chi connectivity index (χ2n) is 19.5. The molecule has 6 nitrogen and oxygen atoms in total. The molecule has 2 aliphatic rings. The van der Waals surface area contributed by atoms with E-state index < -0.39 is 8.07 Å². The van der Waals surface area contributed by atoms with Gasteiger partial charge in [-0.05, 0) is 87.2 Å². The van der Waals surface area contributed by atoms with E-state index in [2.05, 4.69) is 233 Å². The van der Waals surface area contributed by atoms with Gasteiger partial charge in [-0.25, -0.2) is 9.36 Å². The Morgan fingerprint density at radius 2 is 0.821 bits per heavy atom. The fraction of sp³-hybridized carbons (Fsp3) is 0.0508. The predicted octanol–water partition coefficient (Wildman–Crippen LogP) is 11.6. The maximum atomic E-state index is 5.38. The van der Waals surface area contributed by atoms with Crippen molar-refractivity contribution in [3.63, 3.8) is 0 Å². The summed E-state index contributed by atoms with van der Waals surface area (Å²) in [5, 5.41) is 19.4. The minimum atomic E-state index is -1.84. The molecule has 0 spiro atoms. The summed E-state index contributed by atoms with van der Waals surface area (Å²) in [7, 11) is -1.84. The molecule has 13 aromatic rings. The maximum absolute atomic E-state index is 5.38. The van der Waals surface area contributed by atoms with E-state index in [9.17, 15) is 0 Å². The molecule has 4 aromatic heterocycles. The first kappa shape index (κ1) is 37.1. The van der Waals surface area contributed by atoms with Crippen LogP contribution in [0.3, 0.4) is 0 Å². The second-order valence-corrected chi connectivity index (χ2v) is 24.6. The molecule has 0 fully saturated rings. The minimum Gasteiger partial charge on any atom is -0.308 e. The zero-order valence-corrected chi connectivity index (χ0v) is 38.2. The van der Waals surface area contributed by atoms with Crippen LogP contribution in [0.5, 0.6) is 0 Å². The third-order valence-electron chi connectivity index (χ3n) is 14.8. The van der Waals surface area contributed by atoms with Gasteiger partial charge in [-0.2, -0.15) is 10.2 Å². The third kappa shape index (κ3) is 5.00. The van der Waals surface area contributed by atoms with Crippen LogP contribution >= 0.6 is 0 Å². The Morgan fingerprint density at radius 1 is 0.388 bits per heavy atom. The van der Waals surface area contributed by atoms with Crippen LogP contribution in [-0.4, -0.2) is 43.5 Å². The fourth-order valence-corrected chi connectivity index (χ4v) is 13.0. The van der Waals surface area contributed by atoms with Gasteiger partial charge in [0, 0.05) is 43.7 Å². The van der Waals surface area contributed by atoms with Gasteiger partial charge in [-0.3, -0.25) is 0 Å². The number of rotatable bonds is 5. The molecule has 2 aliphatic heterocycles. The van der Waals surface area contributed by atoms with E-state index in [1.54, 1.807) is 0 Å². The lowest BCUT2D eigenvalue weighted by atomic mass is 9.34. The molecule has 9 aromatic carbocycles. The number of hydrogen-bond donors (Lipinski definition) is 0. The summed E-state index contributed by atoms with van der Waals surface area (Å²) in [5.74, 6) is 0. The number of benzene rings is 9. The Morgan fingerprint density at radius 3 is 1.28 bits per heavy atom. The lowest BCUT2D eigenvalue weighted by Gasteiger charge is -2.33. The average molecular weight is 873 g/mol. The zero-order valence-electron chi connectivity index (χ0n) is 37.2. The van der Waals surface area contributed by atoms with Gasteiger partial charge < -0.3 is 9.13 Å². The highest BCUT2D eigenvalue weighted by molar-refractivity contribution is 7.00. The van der Waals surface area contributed by atoms with Gasteiger partial charge in [0.1, 0.15) is 0 Å². The Balaban J connectivity index is 1.05. The summed E-state index contributed by atoms with van der Waals surface area (Å²) in [5.41, 5.74) is 20.3. The summed E-state index contributed by atoms with van der Waals surface area (Å²) in [6.07, 6.45) is 4.27. The first-order valence-corrected chi connectivity index (χ1v) is 26.8. The molecule has 0 bridgehead atoms. The molecular formula is C59H41BN6Si. The molecular weight excluding hydrogens is 832 g/mol. The van der Waals surface area contributed by atoms with Crippen LogP contribution in [0.4, 0.5) is 0 Å². The topological polar surface area (TPSA) is 45.5 Å². The highest BCUT2D eigenvalue weighted by atomic mass is 28.3. The van der Waals surface area contributed by atoms with Crippen LogP contribution in [0, 0.1) is 0 Å². The van der Waals surface area contributed by atoms with Crippen LogP contribution < -0.4 is 21.6 Å². The van der Waals surface area contributed by atoms with E-state index in [-0.39, 0.29) is 6.71 Å². The Kier molecular flexibility index (Phi) is 7.31. The molecule has 0 unspecified atom stereocenters. The Hall–Kier alpha value is -8.20. The molecule has 0 radical (unpaired) electrons. The monoisotopic (exact) mass is 872 g/mol. The van der Waals surface area contributed by atoms with Gasteiger partial charge in [0.25, 0.3) is 6.71 Å². The molecule has 15 rings (SSSR count). The van der Waals surface area contributed by atoms with E-state index in [0.717, 1.165) is 33.5 Å². The molecule has 6 heterocycles. The van der Waals surface area contributed by atoms with E-state index in [4.69, 9.17) is 10.2 Å². The van der Waals surface area contributed by atoms with Gasteiger partial charge in [0.15, 0.2) is 0 Å². The van der Waals surface area contributed by atoms with Crippen molar-refractivity contribution in [2.75, 3.05) is 0 Å². The molecule has 314 valence electrons. The van der Waals surface area contributed by atoms with Gasteiger partial charge in [-0.15, -0.1) is 0 Å². The fourth-order valence-electron chi connectivity index (χ4n) is 11.8. The molecule has 0 N–H and O–H groups in total. The molecule has 0 saturated heterocycles. The standard InChI is InChI=1S/C59H41BN6Si/c1-67(2,3)42-30-53-55-54(31-42)66-59-48(35-62-66)57-46(44-25-11-13-27-52(44)64(57)41-23-15-21-39(29-41)37-18-8-5-9-19-37)33-50(59)60(55)49-32-45-43-24-10-12-26-51(43)63(56(45)47-34-61-65(53)58(47)49)40-22-14-20-38(28-40)36-16-6-4-7-17-36/h4-35H,1-3H3. The number of fused-ring (bicyclic) bond motifs is 12. The normalized spacial score (nSPS) is 13.0. The smallest absolute Gasteiger partial charge is 0.252 e. The highest BCUT2D eigenvalue weighted by Crippen LogP contribution is 2.42. The summed E-state index contributed by atoms with van der Waals surface area (Å²) >= 11 is 0. The number of hydrogen-bond acceptors (Lipinski definition) is 2. The molecule has 8 heteroatoms. The number of nitrogens with zero attached hydrogens (tertiary/aromatic N) is 6. The van der Waals surface area contributed by atoms with Gasteiger partial charge in [0.2, 0.25) is 0 Å². The van der Waals surface area contributed by atoms with Crippen molar-refractivity contribution in [1.29, 1.82) is 0 Å². The maximum Gasteiger partial charge on any atom is 0.252 e. The minimum absolute atomic E-state index is 0.0556. The van der Waals surface area contributed by atoms with Crippen LogP contribution in [0.2, 0.25) is 19.6 Å². The van der Waals surface area contributed by atoms with Crippen molar-refractivity contribution < 1.29 is 0 Å². The number of aromatic nitrogens is 6. The quantitative estimate of drug-likeness (QED) is 0.162. The van der Waals surface area contributed by atoms with Crippen LogP contribution in [0.15, 0.2) is 194 Å². The highest BCUT2D eigenvalue weighted by Gasteiger charge is 2.43. The van der Waals surface area contributed by atoms with Gasteiger partial charge in [-0.1, -0.05) is 158 Å². The first-order chi connectivity index (χ1) is 32.9. The van der Waals surface area contributed by atoms with Crippen molar-refractivity contribution >= 4 is 102 Å². The van der Waals surface area contributed by atoms with Crippen molar-refractivity contribution in [1.82, 2.24) is 28.7 Å². The molecule has 0 atom stereocenters. The Labute approximate surface area is 387 Å². The summed E-state index contributed by atoms with van der Waals surface area (Å²) in [6, 6.07) is 67.2. The van der Waals surface area contributed by atoms with Gasteiger partial charge in [0.05, 0.1) is 64.9 Å². The van der Waals surface area contributed by atoms with E-state index in [1.807, 2.05) is 0 Å². The number of para-hydroxylation sites is 2. The SMILES string of the molecule is C[Si](C)(C)c1cc2c3c(c1)-n1ncc4c1c(cc1c5ccccc5n(-c5cccc(-c6ccccc6)c5)c14)B3c1cc3c4ccccc4n(-c4cccc(-c5ccccc5)c4)c3c3cnn-2c13. The first-order valence-electron chi connectivity index (χ1n) is 23.3. The van der Waals surface area contributed by atoms with Crippen LogP contribution in [-0.2, 0) is 0 Å². The third-order valence-corrected chi connectivity index (χ3v) is 16.8. The van der Waals surface area contributed by atoms with E-state index >= 15 is 0 Å². The molecule has 0 aliphatic carbocycles. The molecule has 0 amide bonds. The van der Waals surface area contributed by atoms with Crippen molar-refractivity contribution in [2.45, 2.75) is 19.6 Å². The van der Waals surface area contributed by atoms with Crippen molar-refractivity contribution in [2.24, 2.45) is 0 Å². The zero-order chi connectivity index (χ0) is 44.3. The largest absolute Gasteiger partial charge is 0.308 e. The van der Waals surface area contributed by atoms with E-state index in [0.29, 0.717) is 0 Å². The van der Waals surface area contributed by atoms with Crippen molar-refractivity contribution in [3.05, 3.63) is 194 Å². The Bertz CT molecular complexity index is 4000. The summed E-state index contributed by atoms with van der Waals surface area (Å²) < 4.78 is 9.48. The van der Waals surface area contributed by atoms with Crippen LogP contribution in [0.1, 0.15) is 0 Å². The predicted molar refractivity (Wildman–Crippen MR) is 283 cm³/mol. The summed E-state index contributed by atoms with van der Waals surface area (Å²) in [4.78, 5) is 0. The lowest BCUT2D eigenvalue weighted by Crippen LogP contribution is -2.60. The lowest BCUT2D eigenvalue weighted by molar-refractivity contribution is 0.892. The molecule has 67 heavy (non-hydrogen) atoms. The van der Waals surface area contributed by atoms with Crippen molar-refractivity contribution in [3.8, 4) is 45.0 Å². The van der Waals surface area contributed by atoms with E-state index in [1.165, 1.54) is 98.5 Å². The average Bonchev–Trinajstić information content (AvgIpc) is 4.16. The van der Waals surface area contributed by atoms with Gasteiger partial charge >= 0.3 is 0 Å². The van der Waals surface area contributed by atoms with Crippen LogP contribution in [0.25, 0.3) is 110 Å². The summed E-state index contributed by atoms with van der Waals surface area (Å²) in [6.45, 7) is 7.28. The second kappa shape index (κ2) is 13.2.